The first kappa shape index (κ1) is 18.4. The Balaban J connectivity index is 1.70. The average molecular weight is 390 g/mol. The minimum absolute atomic E-state index is 0.123. The molecule has 0 aliphatic carbocycles. The van der Waals surface area contributed by atoms with Crippen LogP contribution in [0.5, 0.6) is 11.6 Å². The van der Waals surface area contributed by atoms with Crippen molar-refractivity contribution in [3.05, 3.63) is 48.0 Å². The van der Waals surface area contributed by atoms with Gasteiger partial charge in [-0.3, -0.25) is 14.4 Å². The molecule has 4 rings (SSSR count). The molecule has 0 bridgehead atoms. The molecule has 9 nitrogen and oxygen atoms in total. The quantitative estimate of drug-likeness (QED) is 0.659. The zero-order valence-electron chi connectivity index (χ0n) is 16.2. The number of amides is 1. The van der Waals surface area contributed by atoms with Crippen molar-refractivity contribution in [3.63, 3.8) is 0 Å². The van der Waals surface area contributed by atoms with E-state index in [0.29, 0.717) is 34.3 Å². The van der Waals surface area contributed by atoms with Gasteiger partial charge in [-0.05, 0) is 25.1 Å². The van der Waals surface area contributed by atoms with Crippen molar-refractivity contribution < 1.29 is 14.3 Å². The minimum atomic E-state index is -0.273. The number of ether oxygens (including phenoxy) is 2. The van der Waals surface area contributed by atoms with Crippen LogP contribution in [0.25, 0.3) is 11.3 Å². The SMILES string of the molecule is COc1cc(-c2ccc3c(n2)[C@H](C)N(c2cnn(CC#N)c2)C3=O)cnc1OC. The van der Waals surface area contributed by atoms with Crippen LogP contribution in [0.1, 0.15) is 29.0 Å². The fourth-order valence-corrected chi connectivity index (χ4v) is 3.41. The van der Waals surface area contributed by atoms with Gasteiger partial charge in [-0.15, -0.1) is 0 Å². The Bertz CT molecular complexity index is 1130. The normalized spacial score (nSPS) is 15.2. The molecule has 0 saturated carbocycles. The number of pyridine rings is 2. The van der Waals surface area contributed by atoms with Crippen LogP contribution in [-0.2, 0) is 6.54 Å². The van der Waals surface area contributed by atoms with Crippen molar-refractivity contribution in [1.82, 2.24) is 19.7 Å². The van der Waals surface area contributed by atoms with E-state index < -0.39 is 0 Å². The molecule has 9 heteroatoms. The first-order valence-electron chi connectivity index (χ1n) is 8.89. The lowest BCUT2D eigenvalue weighted by Crippen LogP contribution is -2.25. The molecule has 1 atom stereocenters. The van der Waals surface area contributed by atoms with Gasteiger partial charge in [0.05, 0.1) is 55.2 Å². The van der Waals surface area contributed by atoms with Crippen LogP contribution in [-0.4, -0.2) is 39.9 Å². The number of fused-ring (bicyclic) bond motifs is 1. The first-order chi connectivity index (χ1) is 14.1. The molecule has 0 spiro atoms. The molecule has 146 valence electrons. The molecule has 1 amide bonds. The van der Waals surface area contributed by atoms with Crippen molar-refractivity contribution >= 4 is 11.6 Å². The van der Waals surface area contributed by atoms with Gasteiger partial charge in [-0.2, -0.15) is 10.4 Å². The second-order valence-electron chi connectivity index (χ2n) is 6.47. The molecule has 29 heavy (non-hydrogen) atoms. The Morgan fingerprint density at radius 1 is 1.24 bits per heavy atom. The van der Waals surface area contributed by atoms with Crippen LogP contribution in [0.15, 0.2) is 36.8 Å². The van der Waals surface area contributed by atoms with E-state index in [2.05, 4.69) is 10.1 Å². The van der Waals surface area contributed by atoms with Gasteiger partial charge in [-0.1, -0.05) is 0 Å². The largest absolute Gasteiger partial charge is 0.491 e. The smallest absolute Gasteiger partial charge is 0.260 e. The Hall–Kier alpha value is -3.93. The Labute approximate surface area is 167 Å². The maximum absolute atomic E-state index is 12.9. The van der Waals surface area contributed by atoms with Crippen molar-refractivity contribution in [2.75, 3.05) is 19.1 Å². The summed E-state index contributed by atoms with van der Waals surface area (Å²) in [5.41, 5.74) is 3.28. The Morgan fingerprint density at radius 2 is 2.07 bits per heavy atom. The number of carbonyl (C=O) groups excluding carboxylic acids is 1. The highest BCUT2D eigenvalue weighted by atomic mass is 16.5. The monoisotopic (exact) mass is 390 g/mol. The van der Waals surface area contributed by atoms with Crippen LogP contribution in [0, 0.1) is 11.3 Å². The molecule has 1 aliphatic rings. The molecule has 0 N–H and O–H groups in total. The van der Waals surface area contributed by atoms with E-state index in [1.165, 1.54) is 11.8 Å². The van der Waals surface area contributed by atoms with Crippen LogP contribution >= 0.6 is 0 Å². The highest BCUT2D eigenvalue weighted by Crippen LogP contribution is 2.37. The molecule has 4 heterocycles. The third-order valence-electron chi connectivity index (χ3n) is 4.81. The summed E-state index contributed by atoms with van der Waals surface area (Å²) in [6.45, 7) is 2.03. The third-order valence-corrected chi connectivity index (χ3v) is 4.81. The van der Waals surface area contributed by atoms with Gasteiger partial charge in [-0.25, -0.2) is 9.97 Å². The highest BCUT2D eigenvalue weighted by molar-refractivity contribution is 6.10. The summed E-state index contributed by atoms with van der Waals surface area (Å²) < 4.78 is 12.0. The second-order valence-corrected chi connectivity index (χ2v) is 6.47. The van der Waals surface area contributed by atoms with Crippen LogP contribution < -0.4 is 14.4 Å². The number of aromatic nitrogens is 4. The summed E-state index contributed by atoms with van der Waals surface area (Å²) in [5, 5.41) is 13.0. The fourth-order valence-electron chi connectivity index (χ4n) is 3.41. The second kappa shape index (κ2) is 7.24. The fraction of sp³-hybridized carbons (Fsp3) is 0.250. The molecule has 0 aromatic carbocycles. The zero-order valence-corrected chi connectivity index (χ0v) is 16.2. The van der Waals surface area contributed by atoms with Gasteiger partial charge in [0, 0.05) is 18.0 Å². The number of nitrogens with zero attached hydrogens (tertiary/aromatic N) is 6. The van der Waals surface area contributed by atoms with E-state index in [4.69, 9.17) is 19.7 Å². The van der Waals surface area contributed by atoms with E-state index in [9.17, 15) is 4.79 Å². The van der Waals surface area contributed by atoms with Gasteiger partial charge in [0.15, 0.2) is 5.75 Å². The van der Waals surface area contributed by atoms with Gasteiger partial charge >= 0.3 is 0 Å². The zero-order chi connectivity index (χ0) is 20.5. The van der Waals surface area contributed by atoms with Crippen molar-refractivity contribution in [2.24, 2.45) is 0 Å². The third kappa shape index (κ3) is 3.04. The number of hydrogen-bond acceptors (Lipinski definition) is 7. The number of anilines is 1. The summed E-state index contributed by atoms with van der Waals surface area (Å²) in [6.07, 6.45) is 4.92. The molecule has 3 aromatic rings. The van der Waals surface area contributed by atoms with Crippen molar-refractivity contribution in [2.45, 2.75) is 19.5 Å². The maximum Gasteiger partial charge on any atom is 0.260 e. The van der Waals surface area contributed by atoms with E-state index in [1.54, 1.807) is 48.8 Å². The van der Waals surface area contributed by atoms with Gasteiger partial charge in [0.2, 0.25) is 0 Å². The molecule has 1 aliphatic heterocycles. The Morgan fingerprint density at radius 3 is 2.79 bits per heavy atom. The highest BCUT2D eigenvalue weighted by Gasteiger charge is 2.37. The summed E-state index contributed by atoms with van der Waals surface area (Å²) in [4.78, 5) is 23.6. The van der Waals surface area contributed by atoms with E-state index in [-0.39, 0.29) is 18.5 Å². The lowest BCUT2D eigenvalue weighted by Gasteiger charge is -2.19. The molecular weight excluding hydrogens is 372 g/mol. The molecule has 3 aromatic heterocycles. The molecular formula is C20H18N6O3. The van der Waals surface area contributed by atoms with Crippen molar-refractivity contribution in [3.8, 4) is 29.0 Å². The number of methoxy groups -OCH3 is 2. The lowest BCUT2D eigenvalue weighted by molar-refractivity contribution is 0.0992. The molecule has 0 fully saturated rings. The van der Waals surface area contributed by atoms with Crippen molar-refractivity contribution in [1.29, 1.82) is 5.26 Å². The van der Waals surface area contributed by atoms with E-state index in [1.807, 2.05) is 13.0 Å². The lowest BCUT2D eigenvalue weighted by atomic mass is 10.1. The summed E-state index contributed by atoms with van der Waals surface area (Å²) in [6, 6.07) is 7.11. The maximum atomic E-state index is 12.9. The standard InChI is InChI=1S/C20H18N6O3/c1-12-18-15(20(27)26(12)14-10-23-25(11-14)7-6-21)4-5-16(24-18)13-8-17(28-2)19(29-3)22-9-13/h4-5,8-12H,7H2,1-3H3/t12-/m0/s1. The van der Waals surface area contributed by atoms with Crippen LogP contribution in [0.4, 0.5) is 5.69 Å². The molecule has 0 saturated heterocycles. The number of rotatable bonds is 5. The van der Waals surface area contributed by atoms with E-state index >= 15 is 0 Å². The van der Waals surface area contributed by atoms with Crippen LogP contribution in [0.3, 0.4) is 0 Å². The van der Waals surface area contributed by atoms with Crippen LogP contribution in [0.2, 0.25) is 0 Å². The average Bonchev–Trinajstić information content (AvgIpc) is 3.30. The van der Waals surface area contributed by atoms with Gasteiger partial charge in [0.1, 0.15) is 6.54 Å². The van der Waals surface area contributed by atoms with Gasteiger partial charge < -0.3 is 9.47 Å². The number of carbonyl (C=O) groups is 1. The molecule has 0 unspecified atom stereocenters. The predicted octanol–water partition coefficient (Wildman–Crippen LogP) is 2.60. The van der Waals surface area contributed by atoms with E-state index in [0.717, 1.165) is 5.56 Å². The summed E-state index contributed by atoms with van der Waals surface area (Å²) in [7, 11) is 3.07. The Kier molecular flexibility index (Phi) is 4.60. The van der Waals surface area contributed by atoms with Gasteiger partial charge in [0.25, 0.3) is 11.8 Å². The minimum Gasteiger partial charge on any atom is -0.491 e. The number of nitriles is 1. The topological polar surface area (TPSA) is 106 Å². The number of hydrogen-bond donors (Lipinski definition) is 0. The summed E-state index contributed by atoms with van der Waals surface area (Å²) in [5.74, 6) is 0.748. The molecule has 0 radical (unpaired) electrons. The first-order valence-corrected chi connectivity index (χ1v) is 8.89. The summed E-state index contributed by atoms with van der Waals surface area (Å²) >= 11 is 0. The predicted molar refractivity (Wildman–Crippen MR) is 104 cm³/mol.